The Balaban J connectivity index is 1.13. The Morgan fingerprint density at radius 3 is 1.74 bits per heavy atom. The van der Waals surface area contributed by atoms with Crippen LogP contribution in [0.4, 0.5) is 0 Å². The maximum absolute atomic E-state index is 6.55. The van der Waals surface area contributed by atoms with Gasteiger partial charge in [-0.1, -0.05) is 178 Å². The van der Waals surface area contributed by atoms with Gasteiger partial charge in [0, 0.05) is 38.4 Å². The van der Waals surface area contributed by atoms with E-state index < -0.39 is 0 Å². The molecule has 0 spiro atoms. The van der Waals surface area contributed by atoms with E-state index in [0.29, 0.717) is 17.5 Å². The van der Waals surface area contributed by atoms with E-state index in [1.165, 1.54) is 33.0 Å². The fourth-order valence-electron chi connectivity index (χ4n) is 9.67. The lowest BCUT2D eigenvalue weighted by molar-refractivity contribution is 0.660. The number of fused-ring (bicyclic) bond motifs is 8. The zero-order chi connectivity index (χ0) is 41.4. The van der Waals surface area contributed by atoms with Crippen LogP contribution < -0.4 is 0 Å². The van der Waals surface area contributed by atoms with Crippen LogP contribution in [0.1, 0.15) is 25.0 Å². The lowest BCUT2D eigenvalue weighted by atomic mass is 9.81. The highest BCUT2D eigenvalue weighted by atomic mass is 16.3. The lowest BCUT2D eigenvalue weighted by Gasteiger charge is -2.22. The summed E-state index contributed by atoms with van der Waals surface area (Å²) >= 11 is 0. The summed E-state index contributed by atoms with van der Waals surface area (Å²) in [7, 11) is 0. The summed E-state index contributed by atoms with van der Waals surface area (Å²) in [6, 6.07) is 70.9. The van der Waals surface area contributed by atoms with Gasteiger partial charge in [-0.3, -0.25) is 0 Å². The second-order valence-corrected chi connectivity index (χ2v) is 16.8. The van der Waals surface area contributed by atoms with Crippen molar-refractivity contribution in [1.82, 2.24) is 15.0 Å². The maximum atomic E-state index is 6.55. The van der Waals surface area contributed by atoms with Crippen molar-refractivity contribution >= 4 is 32.7 Å². The average molecular weight is 794 g/mol. The van der Waals surface area contributed by atoms with Crippen LogP contribution in [0.2, 0.25) is 0 Å². The predicted octanol–water partition coefficient (Wildman–Crippen LogP) is 15.2. The number of furan rings is 1. The van der Waals surface area contributed by atoms with Gasteiger partial charge in [-0.05, 0) is 97.2 Å². The normalized spacial score (nSPS) is 12.8. The van der Waals surface area contributed by atoms with Crippen molar-refractivity contribution in [3.8, 4) is 78.7 Å². The van der Waals surface area contributed by atoms with E-state index in [-0.39, 0.29) is 5.41 Å². The summed E-state index contributed by atoms with van der Waals surface area (Å²) in [6.07, 6.45) is 0. The van der Waals surface area contributed by atoms with Crippen molar-refractivity contribution in [2.45, 2.75) is 19.3 Å². The first-order valence-electron chi connectivity index (χ1n) is 21.2. The van der Waals surface area contributed by atoms with E-state index in [2.05, 4.69) is 196 Å². The summed E-state index contributed by atoms with van der Waals surface area (Å²) in [5.41, 5.74) is 16.1. The molecule has 0 N–H and O–H groups in total. The quantitative estimate of drug-likeness (QED) is 0.168. The number of hydrogen-bond donors (Lipinski definition) is 0. The van der Waals surface area contributed by atoms with Gasteiger partial charge in [-0.25, -0.2) is 15.0 Å². The maximum Gasteiger partial charge on any atom is 0.164 e. The molecule has 1 aliphatic rings. The molecule has 0 saturated carbocycles. The molecule has 12 rings (SSSR count). The summed E-state index contributed by atoms with van der Waals surface area (Å²) in [4.78, 5) is 15.9. The molecule has 0 radical (unpaired) electrons. The van der Waals surface area contributed by atoms with E-state index in [1.807, 2.05) is 18.2 Å². The SMILES string of the molecule is CC1(C)c2ccccc2-c2cc(-c3cc(-c4ccccc4)cc(-c4nc(-c5ccccc5)nc(-c5ccc6c(c5)oc5ccc7ccccc7c56)n4)c3-c3ccccc3)ccc21. The Labute approximate surface area is 359 Å². The van der Waals surface area contributed by atoms with Gasteiger partial charge < -0.3 is 4.42 Å². The molecule has 292 valence electrons. The highest BCUT2D eigenvalue weighted by Gasteiger charge is 2.35. The van der Waals surface area contributed by atoms with Crippen LogP contribution in [0.15, 0.2) is 205 Å². The van der Waals surface area contributed by atoms with Crippen LogP contribution in [0.25, 0.3) is 111 Å². The standard InChI is InChI=1S/C58H39N3O/c1-58(2)49-25-15-14-24-44(49)47-32-40(27-30-50(47)58)46-33-42(36-16-6-3-7-17-36)34-48(53(46)38-19-8-4-9-20-38)57-60-55(39-21-10-5-11-22-39)59-56(61-57)41-26-29-45-52(35-41)62-51-31-28-37-18-12-13-23-43(37)54(45)51/h3-35H,1-2H3. The molecule has 0 saturated heterocycles. The number of rotatable bonds is 6. The third kappa shape index (κ3) is 5.79. The second-order valence-electron chi connectivity index (χ2n) is 16.8. The summed E-state index contributed by atoms with van der Waals surface area (Å²) < 4.78 is 6.55. The van der Waals surface area contributed by atoms with Crippen LogP contribution >= 0.6 is 0 Å². The molecule has 62 heavy (non-hydrogen) atoms. The predicted molar refractivity (Wildman–Crippen MR) is 255 cm³/mol. The van der Waals surface area contributed by atoms with Gasteiger partial charge in [-0.15, -0.1) is 0 Å². The monoisotopic (exact) mass is 793 g/mol. The van der Waals surface area contributed by atoms with Gasteiger partial charge in [-0.2, -0.15) is 0 Å². The second kappa shape index (κ2) is 14.1. The van der Waals surface area contributed by atoms with Gasteiger partial charge in [0.1, 0.15) is 11.2 Å². The molecule has 4 nitrogen and oxygen atoms in total. The molecular formula is C58H39N3O. The minimum atomic E-state index is -0.0992. The van der Waals surface area contributed by atoms with Gasteiger partial charge in [0.15, 0.2) is 17.5 Å². The first-order chi connectivity index (χ1) is 30.5. The van der Waals surface area contributed by atoms with Gasteiger partial charge in [0.25, 0.3) is 0 Å². The van der Waals surface area contributed by atoms with E-state index in [1.54, 1.807) is 0 Å². The Morgan fingerprint density at radius 2 is 0.952 bits per heavy atom. The minimum absolute atomic E-state index is 0.0992. The van der Waals surface area contributed by atoms with E-state index in [4.69, 9.17) is 19.4 Å². The summed E-state index contributed by atoms with van der Waals surface area (Å²) in [6.45, 7) is 4.66. The number of nitrogens with zero attached hydrogens (tertiary/aromatic N) is 3. The molecule has 0 bridgehead atoms. The van der Waals surface area contributed by atoms with Crippen molar-refractivity contribution in [1.29, 1.82) is 0 Å². The smallest absolute Gasteiger partial charge is 0.164 e. The average Bonchev–Trinajstić information content (AvgIpc) is 3.83. The van der Waals surface area contributed by atoms with Crippen molar-refractivity contribution < 1.29 is 4.42 Å². The molecule has 4 heteroatoms. The number of aromatic nitrogens is 3. The molecular weight excluding hydrogens is 755 g/mol. The topological polar surface area (TPSA) is 51.8 Å². The highest BCUT2D eigenvalue weighted by Crippen LogP contribution is 2.51. The fourth-order valence-corrected chi connectivity index (χ4v) is 9.67. The van der Waals surface area contributed by atoms with Crippen molar-refractivity contribution in [3.05, 3.63) is 211 Å². The van der Waals surface area contributed by atoms with E-state index in [0.717, 1.165) is 72.0 Å². The van der Waals surface area contributed by atoms with Crippen molar-refractivity contribution in [3.63, 3.8) is 0 Å². The summed E-state index contributed by atoms with van der Waals surface area (Å²) in [5.74, 6) is 1.77. The van der Waals surface area contributed by atoms with Crippen molar-refractivity contribution in [2.24, 2.45) is 0 Å². The molecule has 0 amide bonds. The molecule has 0 unspecified atom stereocenters. The van der Waals surface area contributed by atoms with Crippen LogP contribution in [-0.4, -0.2) is 15.0 Å². The molecule has 0 aliphatic heterocycles. The fraction of sp³-hybridized carbons (Fsp3) is 0.0517. The zero-order valence-electron chi connectivity index (χ0n) is 34.3. The Morgan fingerprint density at radius 1 is 0.355 bits per heavy atom. The van der Waals surface area contributed by atoms with Crippen molar-refractivity contribution in [2.75, 3.05) is 0 Å². The van der Waals surface area contributed by atoms with Crippen LogP contribution in [0.3, 0.4) is 0 Å². The van der Waals surface area contributed by atoms with E-state index >= 15 is 0 Å². The van der Waals surface area contributed by atoms with Gasteiger partial charge in [0.2, 0.25) is 0 Å². The van der Waals surface area contributed by atoms with Gasteiger partial charge in [0.05, 0.1) is 0 Å². The molecule has 0 fully saturated rings. The largest absolute Gasteiger partial charge is 0.456 e. The van der Waals surface area contributed by atoms with Crippen LogP contribution in [0, 0.1) is 0 Å². The molecule has 2 heterocycles. The first-order valence-corrected chi connectivity index (χ1v) is 21.2. The highest BCUT2D eigenvalue weighted by molar-refractivity contribution is 6.19. The van der Waals surface area contributed by atoms with E-state index in [9.17, 15) is 0 Å². The van der Waals surface area contributed by atoms with Crippen LogP contribution in [0.5, 0.6) is 0 Å². The Kier molecular flexibility index (Phi) is 8.16. The minimum Gasteiger partial charge on any atom is -0.456 e. The molecule has 9 aromatic carbocycles. The molecule has 1 aliphatic carbocycles. The number of hydrogen-bond acceptors (Lipinski definition) is 4. The van der Waals surface area contributed by atoms with Crippen LogP contribution in [-0.2, 0) is 5.41 Å². The number of benzene rings is 9. The summed E-state index contributed by atoms with van der Waals surface area (Å²) in [5, 5.41) is 4.53. The third-order valence-electron chi connectivity index (χ3n) is 12.7. The zero-order valence-corrected chi connectivity index (χ0v) is 34.3. The molecule has 11 aromatic rings. The Bertz CT molecular complexity index is 3540. The Hall–Kier alpha value is -7.95. The molecule has 2 aromatic heterocycles. The van der Waals surface area contributed by atoms with Gasteiger partial charge >= 0.3 is 0 Å². The third-order valence-corrected chi connectivity index (χ3v) is 12.7. The first kappa shape index (κ1) is 35.9. The lowest BCUT2D eigenvalue weighted by Crippen LogP contribution is -2.14. The molecule has 0 atom stereocenters.